The molecule has 0 radical (unpaired) electrons. The Kier molecular flexibility index (Phi) is 4.45. The van der Waals surface area contributed by atoms with Crippen molar-refractivity contribution in [1.82, 2.24) is 0 Å². The number of hydrogen-bond acceptors (Lipinski definition) is 3. The molecule has 0 aliphatic carbocycles. The smallest absolute Gasteiger partial charge is 0.125 e. The van der Waals surface area contributed by atoms with Crippen molar-refractivity contribution in [3.05, 3.63) is 53.8 Å². The van der Waals surface area contributed by atoms with Gasteiger partial charge in [0, 0.05) is 15.4 Å². The first-order valence-corrected chi connectivity index (χ1v) is 6.72. The standard InChI is InChI=1S/C15H15FO2S/c1-10(17)15-13(18-2)4-3-5-14(15)19-12-8-6-11(16)7-9-12/h3-10,17H,1-2H3/t10-/m0/s1. The number of benzene rings is 2. The molecule has 0 heterocycles. The minimum Gasteiger partial charge on any atom is -0.496 e. The van der Waals surface area contributed by atoms with Gasteiger partial charge in [0.15, 0.2) is 0 Å². The van der Waals surface area contributed by atoms with E-state index < -0.39 is 6.10 Å². The van der Waals surface area contributed by atoms with Gasteiger partial charge in [-0.05, 0) is 43.3 Å². The maximum atomic E-state index is 12.9. The van der Waals surface area contributed by atoms with Crippen LogP contribution in [0.25, 0.3) is 0 Å². The van der Waals surface area contributed by atoms with Crippen LogP contribution >= 0.6 is 11.8 Å². The van der Waals surface area contributed by atoms with Crippen molar-refractivity contribution in [2.75, 3.05) is 7.11 Å². The van der Waals surface area contributed by atoms with Crippen LogP contribution in [-0.4, -0.2) is 12.2 Å². The summed E-state index contributed by atoms with van der Waals surface area (Å²) in [5.41, 5.74) is 0.749. The Balaban J connectivity index is 2.36. The van der Waals surface area contributed by atoms with Crippen LogP contribution in [0.15, 0.2) is 52.3 Å². The lowest BCUT2D eigenvalue weighted by molar-refractivity contribution is 0.191. The number of aliphatic hydroxyl groups excluding tert-OH is 1. The van der Waals surface area contributed by atoms with Gasteiger partial charge >= 0.3 is 0 Å². The molecule has 0 saturated heterocycles. The van der Waals surface area contributed by atoms with Crippen LogP contribution in [0, 0.1) is 5.82 Å². The molecular weight excluding hydrogens is 263 g/mol. The summed E-state index contributed by atoms with van der Waals surface area (Å²) >= 11 is 1.47. The molecule has 2 aromatic carbocycles. The van der Waals surface area contributed by atoms with Gasteiger partial charge in [-0.25, -0.2) is 4.39 Å². The summed E-state index contributed by atoms with van der Waals surface area (Å²) in [6, 6.07) is 11.9. The fourth-order valence-electron chi connectivity index (χ4n) is 1.83. The van der Waals surface area contributed by atoms with Crippen molar-refractivity contribution in [3.63, 3.8) is 0 Å². The molecule has 0 aromatic heterocycles. The van der Waals surface area contributed by atoms with Crippen LogP contribution < -0.4 is 4.74 Å². The van der Waals surface area contributed by atoms with E-state index >= 15 is 0 Å². The van der Waals surface area contributed by atoms with E-state index in [-0.39, 0.29) is 5.82 Å². The highest BCUT2D eigenvalue weighted by molar-refractivity contribution is 7.99. The maximum absolute atomic E-state index is 12.9. The number of methoxy groups -OCH3 is 1. The molecule has 0 aliphatic rings. The maximum Gasteiger partial charge on any atom is 0.125 e. The van der Waals surface area contributed by atoms with E-state index in [1.165, 1.54) is 23.9 Å². The van der Waals surface area contributed by atoms with Crippen molar-refractivity contribution < 1.29 is 14.2 Å². The van der Waals surface area contributed by atoms with Gasteiger partial charge in [-0.2, -0.15) is 0 Å². The molecule has 0 bridgehead atoms. The summed E-state index contributed by atoms with van der Waals surface area (Å²) in [4.78, 5) is 1.82. The zero-order valence-corrected chi connectivity index (χ0v) is 11.6. The van der Waals surface area contributed by atoms with E-state index in [0.29, 0.717) is 5.75 Å². The minimum atomic E-state index is -0.626. The fraction of sp³-hybridized carbons (Fsp3) is 0.200. The number of rotatable bonds is 4. The lowest BCUT2D eigenvalue weighted by Crippen LogP contribution is -1.98. The molecule has 2 nitrogen and oxygen atoms in total. The summed E-state index contributed by atoms with van der Waals surface area (Å²) < 4.78 is 18.2. The first-order valence-electron chi connectivity index (χ1n) is 5.90. The summed E-state index contributed by atoms with van der Waals surface area (Å²) in [6.07, 6.45) is -0.626. The Morgan fingerprint density at radius 1 is 1.16 bits per heavy atom. The van der Waals surface area contributed by atoms with E-state index in [1.807, 2.05) is 18.2 Å². The predicted molar refractivity (Wildman–Crippen MR) is 74.2 cm³/mol. The second kappa shape index (κ2) is 6.08. The number of hydrogen-bond donors (Lipinski definition) is 1. The van der Waals surface area contributed by atoms with Gasteiger partial charge in [-0.3, -0.25) is 0 Å². The van der Waals surface area contributed by atoms with Gasteiger partial charge in [-0.1, -0.05) is 17.8 Å². The highest BCUT2D eigenvalue weighted by Crippen LogP contribution is 2.38. The summed E-state index contributed by atoms with van der Waals surface area (Å²) in [5.74, 6) is 0.396. The molecule has 0 spiro atoms. The van der Waals surface area contributed by atoms with Gasteiger partial charge in [-0.15, -0.1) is 0 Å². The monoisotopic (exact) mass is 278 g/mol. The van der Waals surface area contributed by atoms with E-state index in [0.717, 1.165) is 15.4 Å². The number of halogens is 1. The van der Waals surface area contributed by atoms with Crippen LogP contribution in [-0.2, 0) is 0 Å². The number of ether oxygens (including phenoxy) is 1. The molecular formula is C15H15FO2S. The molecule has 1 N–H and O–H groups in total. The van der Waals surface area contributed by atoms with Crippen molar-refractivity contribution in [2.24, 2.45) is 0 Å². The molecule has 0 saturated carbocycles. The Morgan fingerprint density at radius 3 is 2.42 bits per heavy atom. The van der Waals surface area contributed by atoms with E-state index in [1.54, 1.807) is 26.2 Å². The van der Waals surface area contributed by atoms with Crippen LogP contribution in [0.1, 0.15) is 18.6 Å². The molecule has 100 valence electrons. The van der Waals surface area contributed by atoms with Crippen molar-refractivity contribution in [1.29, 1.82) is 0 Å². The molecule has 0 fully saturated rings. The Morgan fingerprint density at radius 2 is 1.84 bits per heavy atom. The first kappa shape index (κ1) is 13.9. The second-order valence-electron chi connectivity index (χ2n) is 4.10. The third-order valence-electron chi connectivity index (χ3n) is 2.71. The molecule has 1 atom stereocenters. The highest BCUT2D eigenvalue weighted by atomic mass is 32.2. The van der Waals surface area contributed by atoms with E-state index in [9.17, 15) is 9.50 Å². The van der Waals surface area contributed by atoms with Gasteiger partial charge in [0.05, 0.1) is 13.2 Å². The van der Waals surface area contributed by atoms with E-state index in [4.69, 9.17) is 4.74 Å². The predicted octanol–water partition coefficient (Wildman–Crippen LogP) is 4.04. The quantitative estimate of drug-likeness (QED) is 0.915. The van der Waals surface area contributed by atoms with Crippen molar-refractivity contribution >= 4 is 11.8 Å². The Labute approximate surface area is 116 Å². The largest absolute Gasteiger partial charge is 0.496 e. The van der Waals surface area contributed by atoms with Crippen molar-refractivity contribution in [2.45, 2.75) is 22.8 Å². The van der Waals surface area contributed by atoms with Crippen molar-refractivity contribution in [3.8, 4) is 5.75 Å². The highest BCUT2D eigenvalue weighted by Gasteiger charge is 2.14. The lowest BCUT2D eigenvalue weighted by atomic mass is 10.1. The molecule has 2 rings (SSSR count). The summed E-state index contributed by atoms with van der Waals surface area (Å²) in [7, 11) is 1.58. The minimum absolute atomic E-state index is 0.259. The number of aliphatic hydroxyl groups is 1. The normalized spacial score (nSPS) is 12.2. The molecule has 0 unspecified atom stereocenters. The third-order valence-corrected chi connectivity index (χ3v) is 3.79. The summed E-state index contributed by atoms with van der Waals surface area (Å²) in [5, 5.41) is 9.89. The molecule has 4 heteroatoms. The van der Waals surface area contributed by atoms with E-state index in [2.05, 4.69) is 0 Å². The molecule has 0 amide bonds. The van der Waals surface area contributed by atoms with Crippen LogP contribution in [0.4, 0.5) is 4.39 Å². The SMILES string of the molecule is COc1cccc(Sc2ccc(F)cc2)c1[C@H](C)O. The van der Waals surface area contributed by atoms with Crippen LogP contribution in [0.2, 0.25) is 0 Å². The van der Waals surface area contributed by atoms with Gasteiger partial charge in [0.2, 0.25) is 0 Å². The fourth-order valence-corrected chi connectivity index (χ4v) is 2.89. The zero-order chi connectivity index (χ0) is 13.8. The van der Waals surface area contributed by atoms with Crippen LogP contribution in [0.5, 0.6) is 5.75 Å². The average molecular weight is 278 g/mol. The molecule has 19 heavy (non-hydrogen) atoms. The molecule has 2 aromatic rings. The van der Waals surface area contributed by atoms with Gasteiger partial charge in [0.25, 0.3) is 0 Å². The Hall–Kier alpha value is -1.52. The Bertz CT molecular complexity index is 553. The first-order chi connectivity index (χ1) is 9.11. The molecule has 0 aliphatic heterocycles. The zero-order valence-electron chi connectivity index (χ0n) is 10.8. The van der Waals surface area contributed by atoms with Gasteiger partial charge in [0.1, 0.15) is 11.6 Å². The second-order valence-corrected chi connectivity index (χ2v) is 5.22. The van der Waals surface area contributed by atoms with Crippen LogP contribution in [0.3, 0.4) is 0 Å². The third kappa shape index (κ3) is 3.28. The lowest BCUT2D eigenvalue weighted by Gasteiger charge is -2.15. The summed E-state index contributed by atoms with van der Waals surface area (Å²) in [6.45, 7) is 1.70. The topological polar surface area (TPSA) is 29.5 Å². The van der Waals surface area contributed by atoms with Gasteiger partial charge < -0.3 is 9.84 Å². The average Bonchev–Trinajstić information content (AvgIpc) is 2.40.